The van der Waals surface area contributed by atoms with Gasteiger partial charge >= 0.3 is 0 Å². The number of hydrogen-bond donors (Lipinski definition) is 2. The summed E-state index contributed by atoms with van der Waals surface area (Å²) in [6.45, 7) is 4.27. The normalized spacial score (nSPS) is 10.6. The summed E-state index contributed by atoms with van der Waals surface area (Å²) < 4.78 is 13.0. The van der Waals surface area contributed by atoms with Gasteiger partial charge in [0.05, 0.1) is 0 Å². The van der Waals surface area contributed by atoms with Crippen molar-refractivity contribution in [3.63, 3.8) is 0 Å². The van der Waals surface area contributed by atoms with Gasteiger partial charge in [-0.05, 0) is 53.9 Å². The summed E-state index contributed by atoms with van der Waals surface area (Å²) in [6.07, 6.45) is 1.58. The Morgan fingerprint density at radius 3 is 2.46 bits per heavy atom. The molecule has 3 aromatic rings. The summed E-state index contributed by atoms with van der Waals surface area (Å²) in [7, 11) is 0. The summed E-state index contributed by atoms with van der Waals surface area (Å²) in [6, 6.07) is 17.2. The molecule has 26 heavy (non-hydrogen) atoms. The number of pyridine rings is 1. The average Bonchev–Trinajstić information content (AvgIpc) is 2.64. The molecule has 0 atom stereocenters. The van der Waals surface area contributed by atoms with E-state index in [1.165, 1.54) is 29.8 Å². The standard InChI is InChI=1S/C21H20FN3O/c1-14(2)18-5-3-4-6-19(18)24-17-11-12-23-20(13-17)21(26)25-16-9-7-15(22)8-10-16/h3-14H,1-2H3,(H,23,24)(H,25,26). The SMILES string of the molecule is CC(C)c1ccccc1Nc1ccnc(C(=O)Nc2ccc(F)cc2)c1. The smallest absolute Gasteiger partial charge is 0.274 e. The van der Waals surface area contributed by atoms with Gasteiger partial charge in [-0.3, -0.25) is 9.78 Å². The zero-order valence-electron chi connectivity index (χ0n) is 14.7. The van der Waals surface area contributed by atoms with Crippen LogP contribution < -0.4 is 10.6 Å². The largest absolute Gasteiger partial charge is 0.355 e. The number of nitrogens with one attached hydrogen (secondary N) is 2. The van der Waals surface area contributed by atoms with Crippen molar-refractivity contribution in [3.05, 3.63) is 83.9 Å². The van der Waals surface area contributed by atoms with Crippen LogP contribution in [0.25, 0.3) is 0 Å². The number of hydrogen-bond acceptors (Lipinski definition) is 3. The maximum Gasteiger partial charge on any atom is 0.274 e. The molecule has 1 heterocycles. The minimum Gasteiger partial charge on any atom is -0.355 e. The molecule has 0 radical (unpaired) electrons. The van der Waals surface area contributed by atoms with Crippen molar-refractivity contribution in [2.24, 2.45) is 0 Å². The summed E-state index contributed by atoms with van der Waals surface area (Å²) in [5.41, 5.74) is 3.76. The number of aromatic nitrogens is 1. The lowest BCUT2D eigenvalue weighted by molar-refractivity contribution is 0.102. The third-order valence-electron chi connectivity index (χ3n) is 3.96. The summed E-state index contributed by atoms with van der Waals surface area (Å²) >= 11 is 0. The lowest BCUT2D eigenvalue weighted by atomic mass is 10.0. The van der Waals surface area contributed by atoms with E-state index in [-0.39, 0.29) is 17.4 Å². The first-order chi connectivity index (χ1) is 12.5. The highest BCUT2D eigenvalue weighted by atomic mass is 19.1. The van der Waals surface area contributed by atoms with E-state index in [9.17, 15) is 9.18 Å². The van der Waals surface area contributed by atoms with Crippen LogP contribution in [0.5, 0.6) is 0 Å². The Kier molecular flexibility index (Phi) is 5.27. The number of amides is 1. The quantitative estimate of drug-likeness (QED) is 0.654. The maximum absolute atomic E-state index is 13.0. The molecule has 3 rings (SSSR count). The van der Waals surface area contributed by atoms with Crippen LogP contribution in [0.1, 0.15) is 35.8 Å². The Bertz CT molecular complexity index is 907. The molecule has 0 fully saturated rings. The van der Waals surface area contributed by atoms with Gasteiger partial charge in [0, 0.05) is 23.3 Å². The molecule has 0 unspecified atom stereocenters. The first-order valence-electron chi connectivity index (χ1n) is 8.42. The molecule has 0 aliphatic heterocycles. The van der Waals surface area contributed by atoms with Gasteiger partial charge < -0.3 is 10.6 Å². The van der Waals surface area contributed by atoms with E-state index in [2.05, 4.69) is 35.5 Å². The number of halogens is 1. The molecule has 0 spiro atoms. The molecule has 0 aliphatic rings. The molecular weight excluding hydrogens is 329 g/mol. The van der Waals surface area contributed by atoms with Gasteiger partial charge in [-0.15, -0.1) is 0 Å². The second-order valence-electron chi connectivity index (χ2n) is 6.26. The van der Waals surface area contributed by atoms with Gasteiger partial charge in [-0.25, -0.2) is 4.39 Å². The Hall–Kier alpha value is -3.21. The lowest BCUT2D eigenvalue weighted by Gasteiger charge is -2.15. The molecule has 132 valence electrons. The Morgan fingerprint density at radius 2 is 1.73 bits per heavy atom. The van der Waals surface area contributed by atoms with Gasteiger partial charge in [0.15, 0.2) is 0 Å². The van der Waals surface area contributed by atoms with Crippen LogP contribution in [0.15, 0.2) is 66.9 Å². The minimum atomic E-state index is -0.351. The van der Waals surface area contributed by atoms with Crippen molar-refractivity contribution in [2.75, 3.05) is 10.6 Å². The van der Waals surface area contributed by atoms with Gasteiger partial charge in [0.2, 0.25) is 0 Å². The Morgan fingerprint density at radius 1 is 1.00 bits per heavy atom. The summed E-state index contributed by atoms with van der Waals surface area (Å²) in [5, 5.41) is 6.06. The van der Waals surface area contributed by atoms with E-state index in [0.29, 0.717) is 11.6 Å². The van der Waals surface area contributed by atoms with E-state index in [0.717, 1.165) is 11.4 Å². The van der Waals surface area contributed by atoms with Gasteiger partial charge in [0.25, 0.3) is 5.91 Å². The van der Waals surface area contributed by atoms with Crippen molar-refractivity contribution in [3.8, 4) is 0 Å². The minimum absolute atomic E-state index is 0.279. The Labute approximate surface area is 152 Å². The lowest BCUT2D eigenvalue weighted by Crippen LogP contribution is -2.13. The molecule has 0 saturated carbocycles. The molecule has 2 aromatic carbocycles. The molecule has 0 aliphatic carbocycles. The van der Waals surface area contributed by atoms with Crippen LogP contribution >= 0.6 is 0 Å². The van der Waals surface area contributed by atoms with Crippen LogP contribution in [-0.4, -0.2) is 10.9 Å². The number of benzene rings is 2. The highest BCUT2D eigenvalue weighted by molar-refractivity contribution is 6.03. The van der Waals surface area contributed by atoms with Crippen LogP contribution in [-0.2, 0) is 0 Å². The van der Waals surface area contributed by atoms with Crippen LogP contribution in [0, 0.1) is 5.82 Å². The zero-order chi connectivity index (χ0) is 18.5. The molecule has 1 amide bonds. The molecule has 5 heteroatoms. The van der Waals surface area contributed by atoms with Crippen molar-refractivity contribution < 1.29 is 9.18 Å². The van der Waals surface area contributed by atoms with Crippen molar-refractivity contribution in [1.29, 1.82) is 0 Å². The summed E-state index contributed by atoms with van der Waals surface area (Å²) in [4.78, 5) is 16.5. The number of carbonyl (C=O) groups excluding carboxylic acids is 1. The van der Waals surface area contributed by atoms with Crippen LogP contribution in [0.4, 0.5) is 21.5 Å². The predicted octanol–water partition coefficient (Wildman–Crippen LogP) is 5.34. The van der Waals surface area contributed by atoms with E-state index < -0.39 is 0 Å². The second kappa shape index (κ2) is 7.78. The van der Waals surface area contributed by atoms with Crippen molar-refractivity contribution in [1.82, 2.24) is 4.98 Å². The van der Waals surface area contributed by atoms with E-state index >= 15 is 0 Å². The molecular formula is C21H20FN3O. The Balaban J connectivity index is 1.78. The fourth-order valence-corrected chi connectivity index (χ4v) is 2.63. The second-order valence-corrected chi connectivity index (χ2v) is 6.26. The van der Waals surface area contributed by atoms with E-state index in [4.69, 9.17) is 0 Å². The zero-order valence-corrected chi connectivity index (χ0v) is 14.7. The van der Waals surface area contributed by atoms with Crippen LogP contribution in [0.2, 0.25) is 0 Å². The van der Waals surface area contributed by atoms with Crippen molar-refractivity contribution in [2.45, 2.75) is 19.8 Å². The third-order valence-corrected chi connectivity index (χ3v) is 3.96. The highest BCUT2D eigenvalue weighted by Gasteiger charge is 2.10. The topological polar surface area (TPSA) is 54.0 Å². The van der Waals surface area contributed by atoms with Crippen LogP contribution in [0.3, 0.4) is 0 Å². The first-order valence-corrected chi connectivity index (χ1v) is 8.42. The van der Waals surface area contributed by atoms with Gasteiger partial charge in [-0.1, -0.05) is 32.0 Å². The summed E-state index contributed by atoms with van der Waals surface area (Å²) in [5.74, 6) is -0.324. The molecule has 2 N–H and O–H groups in total. The highest BCUT2D eigenvalue weighted by Crippen LogP contribution is 2.27. The number of nitrogens with zero attached hydrogens (tertiary/aromatic N) is 1. The molecule has 4 nitrogen and oxygen atoms in total. The molecule has 0 bridgehead atoms. The number of anilines is 3. The van der Waals surface area contributed by atoms with Gasteiger partial charge in [0.1, 0.15) is 11.5 Å². The monoisotopic (exact) mass is 349 g/mol. The van der Waals surface area contributed by atoms with Crippen molar-refractivity contribution >= 4 is 23.0 Å². The third kappa shape index (κ3) is 4.25. The average molecular weight is 349 g/mol. The van der Waals surface area contributed by atoms with Gasteiger partial charge in [-0.2, -0.15) is 0 Å². The van der Waals surface area contributed by atoms with E-state index in [1.54, 1.807) is 12.3 Å². The number of carbonyl (C=O) groups is 1. The number of para-hydroxylation sites is 1. The fourth-order valence-electron chi connectivity index (χ4n) is 2.63. The molecule has 1 aromatic heterocycles. The molecule has 0 saturated heterocycles. The first kappa shape index (κ1) is 17.6. The van der Waals surface area contributed by atoms with E-state index in [1.807, 2.05) is 24.3 Å². The predicted molar refractivity (Wildman–Crippen MR) is 102 cm³/mol. The fraction of sp³-hybridized carbons (Fsp3) is 0.143. The number of rotatable bonds is 5. The maximum atomic E-state index is 13.0.